The highest BCUT2D eigenvalue weighted by Crippen LogP contribution is 2.37. The molecule has 1 aromatic rings. The number of amides is 2. The molecule has 2 amide bonds. The molecule has 1 aliphatic rings. The quantitative estimate of drug-likeness (QED) is 0.786. The number of nitrogens with zero attached hydrogens (tertiary/aromatic N) is 1. The van der Waals surface area contributed by atoms with Crippen LogP contribution in [0.1, 0.15) is 30.6 Å². The first kappa shape index (κ1) is 13.1. The normalized spacial score (nSPS) is 17.9. The molecule has 1 saturated heterocycles. The minimum atomic E-state index is -1.31. The number of hydrogen-bond donors (Lipinski definition) is 2. The Morgan fingerprint density at radius 2 is 1.95 bits per heavy atom. The van der Waals surface area contributed by atoms with Gasteiger partial charge < -0.3 is 10.2 Å². The summed E-state index contributed by atoms with van der Waals surface area (Å²) in [5, 5.41) is 18.4. The summed E-state index contributed by atoms with van der Waals surface area (Å²) in [5.41, 5.74) is -1.13. The van der Waals surface area contributed by atoms with Crippen LogP contribution in [0, 0.1) is 5.41 Å². The van der Waals surface area contributed by atoms with E-state index in [9.17, 15) is 19.5 Å². The molecule has 1 fully saturated rings. The molecule has 0 bridgehead atoms. The number of aromatic hydroxyl groups is 1. The van der Waals surface area contributed by atoms with E-state index in [0.29, 0.717) is 0 Å². The first-order valence-electron chi connectivity index (χ1n) is 5.68. The summed E-state index contributed by atoms with van der Waals surface area (Å²) in [6, 6.07) is 3.52. The highest BCUT2D eigenvalue weighted by Gasteiger charge is 2.46. The summed E-state index contributed by atoms with van der Waals surface area (Å²) in [7, 11) is 0. The van der Waals surface area contributed by atoms with E-state index in [1.165, 1.54) is 12.1 Å². The lowest BCUT2D eigenvalue weighted by atomic mass is 9.92. The van der Waals surface area contributed by atoms with E-state index in [1.807, 2.05) is 0 Å². The lowest BCUT2D eigenvalue weighted by molar-refractivity contribution is -0.124. The van der Waals surface area contributed by atoms with Crippen LogP contribution in [0.25, 0.3) is 0 Å². The number of rotatable bonds is 2. The third kappa shape index (κ3) is 2.05. The van der Waals surface area contributed by atoms with Crippen LogP contribution >= 0.6 is 0 Å². The maximum Gasteiger partial charge on any atom is 0.337 e. The lowest BCUT2D eigenvalue weighted by Gasteiger charge is -2.19. The van der Waals surface area contributed by atoms with Crippen LogP contribution in [0.3, 0.4) is 0 Å². The second kappa shape index (κ2) is 4.08. The van der Waals surface area contributed by atoms with E-state index in [2.05, 4.69) is 0 Å². The van der Waals surface area contributed by atoms with Crippen LogP contribution in [-0.2, 0) is 9.59 Å². The van der Waals surface area contributed by atoms with Gasteiger partial charge in [0.1, 0.15) is 5.75 Å². The standard InChI is InChI=1S/C13H13NO5/c1-13(2)6-10(16)14(12(13)19)9-4-3-7(15)5-8(9)11(17)18/h3-5,15H,6H2,1-2H3,(H,17,18). The molecule has 0 spiro atoms. The van der Waals surface area contributed by atoms with Crippen molar-refractivity contribution in [3.05, 3.63) is 23.8 Å². The van der Waals surface area contributed by atoms with Gasteiger partial charge >= 0.3 is 5.97 Å². The molecule has 0 aliphatic carbocycles. The Balaban J connectivity index is 2.57. The van der Waals surface area contributed by atoms with Crippen molar-refractivity contribution in [1.82, 2.24) is 0 Å². The van der Waals surface area contributed by atoms with Gasteiger partial charge in [-0.15, -0.1) is 0 Å². The summed E-state index contributed by atoms with van der Waals surface area (Å²) in [5.74, 6) is -2.43. The maximum atomic E-state index is 12.1. The third-order valence-electron chi connectivity index (χ3n) is 3.08. The van der Waals surface area contributed by atoms with E-state index >= 15 is 0 Å². The number of carboxylic acids is 1. The largest absolute Gasteiger partial charge is 0.508 e. The number of benzene rings is 1. The summed E-state index contributed by atoms with van der Waals surface area (Å²) in [6.07, 6.45) is 0.0335. The van der Waals surface area contributed by atoms with Gasteiger partial charge in [0, 0.05) is 6.42 Å². The molecule has 2 N–H and O–H groups in total. The van der Waals surface area contributed by atoms with E-state index in [-0.39, 0.29) is 23.4 Å². The van der Waals surface area contributed by atoms with Gasteiger partial charge in [0.2, 0.25) is 11.8 Å². The van der Waals surface area contributed by atoms with Crippen molar-refractivity contribution in [3.63, 3.8) is 0 Å². The summed E-state index contributed by atoms with van der Waals surface area (Å²) in [4.78, 5) is 36.1. The third-order valence-corrected chi connectivity index (χ3v) is 3.08. The molecule has 1 aromatic carbocycles. The van der Waals surface area contributed by atoms with Crippen molar-refractivity contribution in [2.24, 2.45) is 5.41 Å². The van der Waals surface area contributed by atoms with E-state index in [0.717, 1.165) is 11.0 Å². The second-order valence-corrected chi connectivity index (χ2v) is 5.10. The number of carbonyl (C=O) groups is 3. The van der Waals surface area contributed by atoms with Crippen molar-refractivity contribution in [2.75, 3.05) is 4.90 Å². The van der Waals surface area contributed by atoms with Gasteiger partial charge in [-0.1, -0.05) is 13.8 Å². The molecule has 1 heterocycles. The molecule has 2 rings (SSSR count). The molecule has 6 heteroatoms. The highest BCUT2D eigenvalue weighted by atomic mass is 16.4. The number of anilines is 1. The number of phenols is 1. The van der Waals surface area contributed by atoms with Crippen LogP contribution in [0.15, 0.2) is 18.2 Å². The van der Waals surface area contributed by atoms with Crippen LogP contribution in [0.4, 0.5) is 5.69 Å². The van der Waals surface area contributed by atoms with Crippen molar-refractivity contribution in [3.8, 4) is 5.75 Å². The Bertz CT molecular complexity index is 591. The molecule has 0 unspecified atom stereocenters. The van der Waals surface area contributed by atoms with Crippen LogP contribution in [0.2, 0.25) is 0 Å². The molecule has 19 heavy (non-hydrogen) atoms. The summed E-state index contributed by atoms with van der Waals surface area (Å²) < 4.78 is 0. The monoisotopic (exact) mass is 263 g/mol. The Labute approximate surface area is 109 Å². The Hall–Kier alpha value is -2.37. The maximum absolute atomic E-state index is 12.1. The molecule has 1 aliphatic heterocycles. The molecular weight excluding hydrogens is 250 g/mol. The number of phenolic OH excluding ortho intramolecular Hbond substituents is 1. The summed E-state index contributed by atoms with van der Waals surface area (Å²) >= 11 is 0. The average Bonchev–Trinajstić information content (AvgIpc) is 2.49. The predicted octanol–water partition coefficient (Wildman–Crippen LogP) is 1.38. The Morgan fingerprint density at radius 1 is 1.32 bits per heavy atom. The van der Waals surface area contributed by atoms with Crippen molar-refractivity contribution < 1.29 is 24.6 Å². The van der Waals surface area contributed by atoms with Gasteiger partial charge in [-0.3, -0.25) is 9.59 Å². The zero-order chi connectivity index (χ0) is 14.4. The highest BCUT2D eigenvalue weighted by molar-refractivity contribution is 6.24. The molecule has 0 radical (unpaired) electrons. The summed E-state index contributed by atoms with van der Waals surface area (Å²) in [6.45, 7) is 3.27. The molecule has 0 aromatic heterocycles. The van der Waals surface area contributed by atoms with Gasteiger partial charge in [0.15, 0.2) is 0 Å². The fourth-order valence-electron chi connectivity index (χ4n) is 2.08. The Morgan fingerprint density at radius 3 is 2.42 bits per heavy atom. The minimum Gasteiger partial charge on any atom is -0.508 e. The van der Waals surface area contributed by atoms with Crippen LogP contribution in [-0.4, -0.2) is 28.0 Å². The first-order valence-corrected chi connectivity index (χ1v) is 5.68. The number of hydrogen-bond acceptors (Lipinski definition) is 4. The number of carboxylic acid groups (broad SMARTS) is 1. The smallest absolute Gasteiger partial charge is 0.337 e. The van der Waals surface area contributed by atoms with E-state index in [4.69, 9.17) is 5.11 Å². The molecule has 0 saturated carbocycles. The zero-order valence-corrected chi connectivity index (χ0v) is 10.5. The fraction of sp³-hybridized carbons (Fsp3) is 0.308. The number of aromatic carboxylic acids is 1. The van der Waals surface area contributed by atoms with Gasteiger partial charge in [-0.2, -0.15) is 0 Å². The molecule has 6 nitrogen and oxygen atoms in total. The van der Waals surface area contributed by atoms with Crippen molar-refractivity contribution >= 4 is 23.5 Å². The SMILES string of the molecule is CC1(C)CC(=O)N(c2ccc(O)cc2C(=O)O)C1=O. The number of carbonyl (C=O) groups excluding carboxylic acids is 2. The van der Waals surface area contributed by atoms with Crippen molar-refractivity contribution in [2.45, 2.75) is 20.3 Å². The number of imide groups is 1. The fourth-order valence-corrected chi connectivity index (χ4v) is 2.08. The first-order chi connectivity index (χ1) is 8.74. The molecule has 100 valence electrons. The zero-order valence-electron chi connectivity index (χ0n) is 10.5. The molecular formula is C13H13NO5. The lowest BCUT2D eigenvalue weighted by Crippen LogP contribution is -2.34. The van der Waals surface area contributed by atoms with E-state index in [1.54, 1.807) is 13.8 Å². The average molecular weight is 263 g/mol. The van der Waals surface area contributed by atoms with Gasteiger partial charge in [0.25, 0.3) is 0 Å². The van der Waals surface area contributed by atoms with Crippen LogP contribution in [0.5, 0.6) is 5.75 Å². The van der Waals surface area contributed by atoms with E-state index < -0.39 is 23.2 Å². The predicted molar refractivity (Wildman–Crippen MR) is 66.0 cm³/mol. The topological polar surface area (TPSA) is 94.9 Å². The van der Waals surface area contributed by atoms with Crippen molar-refractivity contribution in [1.29, 1.82) is 0 Å². The van der Waals surface area contributed by atoms with Crippen LogP contribution < -0.4 is 4.90 Å². The minimum absolute atomic E-state index is 0.00845. The van der Waals surface area contributed by atoms with Gasteiger partial charge in [-0.05, 0) is 18.2 Å². The second-order valence-electron chi connectivity index (χ2n) is 5.10. The Kier molecular flexibility index (Phi) is 2.81. The van der Waals surface area contributed by atoms with Gasteiger partial charge in [-0.25, -0.2) is 9.69 Å². The molecule has 0 atom stereocenters. The van der Waals surface area contributed by atoms with Gasteiger partial charge in [0.05, 0.1) is 16.7 Å².